The lowest BCUT2D eigenvalue weighted by molar-refractivity contribution is -0.161. The average Bonchev–Trinajstić information content (AvgIpc) is 1.03. The molecule has 0 aromatic carbocycles. The van der Waals surface area contributed by atoms with Crippen molar-refractivity contribution in [1.29, 1.82) is 0 Å². The highest BCUT2D eigenvalue weighted by Crippen LogP contribution is 2.45. The number of carbonyl (C=O) groups is 4. The zero-order valence-corrected chi connectivity index (χ0v) is 62.7. The zero-order chi connectivity index (χ0) is 71.8. The van der Waals surface area contributed by atoms with Gasteiger partial charge in [0.15, 0.2) is 12.2 Å². The number of ether oxygens (including phenoxy) is 4. The van der Waals surface area contributed by atoms with Crippen LogP contribution in [0.15, 0.2) is 134 Å². The predicted molar refractivity (Wildman–Crippen MR) is 399 cm³/mol. The van der Waals surface area contributed by atoms with Crippen LogP contribution in [0.5, 0.6) is 0 Å². The van der Waals surface area contributed by atoms with E-state index in [2.05, 4.69) is 161 Å². The van der Waals surface area contributed by atoms with Gasteiger partial charge in [-0.1, -0.05) is 245 Å². The number of phosphoric acid groups is 2. The Morgan fingerprint density at radius 2 is 0.531 bits per heavy atom. The molecule has 0 rings (SSSR count). The average molecular weight is 1420 g/mol. The van der Waals surface area contributed by atoms with Gasteiger partial charge in [-0.2, -0.15) is 0 Å². The summed E-state index contributed by atoms with van der Waals surface area (Å²) >= 11 is 0. The molecule has 0 aromatic heterocycles. The molecule has 0 aliphatic heterocycles. The second-order valence-corrected chi connectivity index (χ2v) is 27.4. The van der Waals surface area contributed by atoms with E-state index in [0.29, 0.717) is 25.7 Å². The van der Waals surface area contributed by atoms with Crippen molar-refractivity contribution < 1.29 is 80.2 Å². The summed E-state index contributed by atoms with van der Waals surface area (Å²) in [4.78, 5) is 72.7. The minimum atomic E-state index is -4.98. The molecule has 0 heterocycles. The Labute approximate surface area is 593 Å². The van der Waals surface area contributed by atoms with Crippen LogP contribution in [0, 0.1) is 0 Å². The number of hydrogen-bond donors (Lipinski definition) is 3. The lowest BCUT2D eigenvalue weighted by atomic mass is 10.1. The summed E-state index contributed by atoms with van der Waals surface area (Å²) in [6.45, 7) is 4.46. The monoisotopic (exact) mass is 1410 g/mol. The van der Waals surface area contributed by atoms with Gasteiger partial charge in [0, 0.05) is 25.7 Å². The number of unbranched alkanes of at least 4 members (excludes halogenated alkanes) is 21. The molecule has 17 nitrogen and oxygen atoms in total. The van der Waals surface area contributed by atoms with Gasteiger partial charge in [-0.25, -0.2) is 9.13 Å². The van der Waals surface area contributed by atoms with Crippen molar-refractivity contribution in [3.63, 3.8) is 0 Å². The van der Waals surface area contributed by atoms with Crippen LogP contribution in [0.3, 0.4) is 0 Å². The highest BCUT2D eigenvalue weighted by atomic mass is 31.2. The maximum atomic E-state index is 13.0. The fourth-order valence-electron chi connectivity index (χ4n) is 9.37. The number of hydrogen-bond acceptors (Lipinski definition) is 15. The van der Waals surface area contributed by atoms with Gasteiger partial charge in [0.25, 0.3) is 0 Å². The first kappa shape index (κ1) is 93.2. The molecule has 0 radical (unpaired) electrons. The Kier molecular flexibility index (Phi) is 67.2. The van der Waals surface area contributed by atoms with Crippen molar-refractivity contribution in [3.8, 4) is 0 Å². The number of aliphatic hydroxyl groups is 1. The second-order valence-electron chi connectivity index (χ2n) is 24.5. The van der Waals surface area contributed by atoms with Crippen LogP contribution in [0.25, 0.3) is 0 Å². The molecule has 0 bridgehead atoms. The first-order valence-corrected chi connectivity index (χ1v) is 40.4. The number of phosphoric ester groups is 2. The predicted octanol–water partition coefficient (Wildman–Crippen LogP) is 21.3. The van der Waals surface area contributed by atoms with Gasteiger partial charge < -0.3 is 33.8 Å². The zero-order valence-electron chi connectivity index (χ0n) is 60.9. The van der Waals surface area contributed by atoms with E-state index in [-0.39, 0.29) is 25.7 Å². The van der Waals surface area contributed by atoms with Crippen LogP contribution in [0.1, 0.15) is 285 Å². The summed E-state index contributed by atoms with van der Waals surface area (Å²) in [5, 5.41) is 10.6. The summed E-state index contributed by atoms with van der Waals surface area (Å²) in [6, 6.07) is 0. The van der Waals surface area contributed by atoms with Gasteiger partial charge in [-0.05, 0) is 148 Å². The maximum Gasteiger partial charge on any atom is 0.472 e. The first-order valence-electron chi connectivity index (χ1n) is 37.4. The van der Waals surface area contributed by atoms with Gasteiger partial charge in [-0.15, -0.1) is 0 Å². The third-order valence-electron chi connectivity index (χ3n) is 15.1. The number of aliphatic hydroxyl groups excluding tert-OH is 1. The highest BCUT2D eigenvalue weighted by molar-refractivity contribution is 7.47. The van der Waals surface area contributed by atoms with Crippen LogP contribution in [0.2, 0.25) is 0 Å². The summed E-state index contributed by atoms with van der Waals surface area (Å²) < 4.78 is 68.3. The molecule has 560 valence electrons. The molecule has 0 spiro atoms. The standard InChI is InChI=1S/C79H132O17P2/c1-5-9-13-17-21-25-29-31-33-35-36-38-40-42-46-48-52-56-60-64-77(82)90-70-75(96-79(84)66-62-58-54-50-44-28-24-20-16-12-8-4)72-94-98(87,88)92-68-73(80)67-91-97(85,86)93-71-74(95-78(83)65-61-57-53-49-43-27-23-19-15-11-7-3)69-89-76(81)63-59-55-51-47-45-41-39-37-34-32-30-26-22-18-14-10-6-2/h9-10,13-14,19-26,31-34,36,38-39,41-42,46,73-75,80H,5-8,11-12,15-18,27-30,35,37,40,43-45,47-72H2,1-4H3,(H,85,86)(H,87,88)/b13-9-,14-10-,23-19-,24-20-,25-21-,26-22-,33-31-,34-32-,38-36-,41-39-,46-42-. The number of rotatable bonds is 69. The quantitative estimate of drug-likeness (QED) is 0.0169. The molecule has 98 heavy (non-hydrogen) atoms. The molecule has 0 saturated carbocycles. The van der Waals surface area contributed by atoms with E-state index in [0.717, 1.165) is 180 Å². The molecule has 5 atom stereocenters. The molecule has 0 aromatic rings. The first-order chi connectivity index (χ1) is 47.7. The summed E-state index contributed by atoms with van der Waals surface area (Å²) in [5.74, 6) is -2.26. The Bertz CT molecular complexity index is 2380. The third kappa shape index (κ3) is 69.7. The maximum absolute atomic E-state index is 13.0. The number of esters is 4. The lowest BCUT2D eigenvalue weighted by Gasteiger charge is -2.21. The van der Waals surface area contributed by atoms with E-state index < -0.39 is 97.5 Å². The summed E-state index contributed by atoms with van der Waals surface area (Å²) in [6.07, 6.45) is 77.4. The topological polar surface area (TPSA) is 237 Å². The molecule has 19 heteroatoms. The van der Waals surface area contributed by atoms with Crippen molar-refractivity contribution >= 4 is 39.5 Å². The molecule has 0 fully saturated rings. The van der Waals surface area contributed by atoms with E-state index in [9.17, 15) is 43.2 Å². The SMILES string of the molecule is CC/C=C\C/C=C\C/C=C\C/C=C\C/C=C\CCCCCC(=O)OCC(COP(=O)(O)OCC(O)COP(=O)(O)OCC(COC(=O)CCCCCC/C=C\C/C=C\C/C=C\C/C=C\CC)OC(=O)CCCCCCC/C=C\CCCC)OC(=O)CCCCCCC/C=C\CCCC. The van der Waals surface area contributed by atoms with E-state index in [1.165, 1.54) is 25.7 Å². The molecule has 0 aliphatic carbocycles. The molecule has 3 N–H and O–H groups in total. The Hall–Kier alpha value is -4.80. The van der Waals surface area contributed by atoms with Gasteiger partial charge >= 0.3 is 39.5 Å². The van der Waals surface area contributed by atoms with Gasteiger partial charge in [0.05, 0.1) is 26.4 Å². The minimum Gasteiger partial charge on any atom is -0.462 e. The molecule has 0 aliphatic rings. The normalized spacial score (nSPS) is 14.7. The minimum absolute atomic E-state index is 0.0732. The van der Waals surface area contributed by atoms with Crippen molar-refractivity contribution in [2.24, 2.45) is 0 Å². The Morgan fingerprint density at radius 1 is 0.296 bits per heavy atom. The third-order valence-corrected chi connectivity index (χ3v) is 17.0. The smallest absolute Gasteiger partial charge is 0.462 e. The van der Waals surface area contributed by atoms with Crippen molar-refractivity contribution in [3.05, 3.63) is 134 Å². The van der Waals surface area contributed by atoms with Crippen LogP contribution < -0.4 is 0 Å². The fraction of sp³-hybridized carbons (Fsp3) is 0.671. The van der Waals surface area contributed by atoms with Crippen LogP contribution in [0.4, 0.5) is 0 Å². The van der Waals surface area contributed by atoms with E-state index in [4.69, 9.17) is 37.0 Å². The van der Waals surface area contributed by atoms with Crippen LogP contribution in [-0.2, 0) is 65.4 Å². The van der Waals surface area contributed by atoms with E-state index >= 15 is 0 Å². The fourth-order valence-corrected chi connectivity index (χ4v) is 11.0. The van der Waals surface area contributed by atoms with Gasteiger partial charge in [0.2, 0.25) is 0 Å². The van der Waals surface area contributed by atoms with Crippen LogP contribution >= 0.6 is 15.6 Å². The lowest BCUT2D eigenvalue weighted by Crippen LogP contribution is -2.30. The molecular weight excluding hydrogens is 1280 g/mol. The molecule has 0 amide bonds. The van der Waals surface area contributed by atoms with Crippen molar-refractivity contribution in [2.75, 3.05) is 39.6 Å². The summed E-state index contributed by atoms with van der Waals surface area (Å²) in [7, 11) is -9.97. The second kappa shape index (κ2) is 70.6. The van der Waals surface area contributed by atoms with Crippen LogP contribution in [-0.4, -0.2) is 96.7 Å². The van der Waals surface area contributed by atoms with Gasteiger partial charge in [0.1, 0.15) is 19.3 Å². The molecule has 0 saturated heterocycles. The highest BCUT2D eigenvalue weighted by Gasteiger charge is 2.30. The van der Waals surface area contributed by atoms with E-state index in [1.807, 2.05) is 0 Å². The number of carbonyl (C=O) groups excluding carboxylic acids is 4. The summed E-state index contributed by atoms with van der Waals surface area (Å²) in [5.41, 5.74) is 0. The number of allylic oxidation sites excluding steroid dienone is 22. The molecule has 5 unspecified atom stereocenters. The van der Waals surface area contributed by atoms with Gasteiger partial charge in [-0.3, -0.25) is 37.3 Å². The van der Waals surface area contributed by atoms with Crippen molar-refractivity contribution in [1.82, 2.24) is 0 Å². The van der Waals surface area contributed by atoms with E-state index in [1.54, 1.807) is 0 Å². The molecular formula is C79H132O17P2. The largest absolute Gasteiger partial charge is 0.472 e. The van der Waals surface area contributed by atoms with Crippen molar-refractivity contribution in [2.45, 2.75) is 303 Å². The Morgan fingerprint density at radius 3 is 0.837 bits per heavy atom. The Balaban J connectivity index is 5.34.